The van der Waals surface area contributed by atoms with E-state index >= 15 is 0 Å². The number of hydrogen-bond donors (Lipinski definition) is 0. The van der Waals surface area contributed by atoms with Crippen molar-refractivity contribution < 1.29 is 4.74 Å². The van der Waals surface area contributed by atoms with E-state index in [0.717, 1.165) is 28.2 Å². The highest BCUT2D eigenvalue weighted by atomic mass is 32.1. The van der Waals surface area contributed by atoms with Gasteiger partial charge in [0.1, 0.15) is 11.4 Å². The van der Waals surface area contributed by atoms with Gasteiger partial charge in [0, 0.05) is 17.1 Å². The molecule has 3 nitrogen and oxygen atoms in total. The molecule has 0 bridgehead atoms. The predicted octanol–water partition coefficient (Wildman–Crippen LogP) is 5.83. The van der Waals surface area contributed by atoms with Crippen LogP contribution < -0.4 is 4.74 Å². The lowest BCUT2D eigenvalue weighted by Gasteiger charge is -2.10. The maximum absolute atomic E-state index is 5.72. The Bertz CT molecular complexity index is 1010. The third-order valence-corrected chi connectivity index (χ3v) is 5.07. The summed E-state index contributed by atoms with van der Waals surface area (Å²) in [5.41, 5.74) is 6.95. The molecule has 0 spiro atoms. The minimum atomic E-state index is 0.186. The van der Waals surface area contributed by atoms with Crippen LogP contribution in [-0.4, -0.2) is 15.5 Å². The summed E-state index contributed by atoms with van der Waals surface area (Å²) < 4.78 is 7.86. The van der Waals surface area contributed by atoms with E-state index in [1.165, 1.54) is 11.1 Å². The van der Waals surface area contributed by atoms with Crippen molar-refractivity contribution in [1.29, 1.82) is 0 Å². The first-order valence-corrected chi connectivity index (χ1v) is 9.33. The van der Waals surface area contributed by atoms with Crippen molar-refractivity contribution in [3.05, 3.63) is 65.1 Å². The fourth-order valence-electron chi connectivity index (χ4n) is 2.98. The van der Waals surface area contributed by atoms with E-state index in [2.05, 4.69) is 57.5 Å². The van der Waals surface area contributed by atoms with Crippen LogP contribution in [0.3, 0.4) is 0 Å². The second-order valence-corrected chi connectivity index (χ2v) is 7.19. The lowest BCUT2D eigenvalue weighted by Crippen LogP contribution is -2.05. The SMILES string of the molecule is Cc1cscc1-c1cnc2cc(-c3ccc(OC(C)C)cc3)ccn12. The molecule has 25 heavy (non-hydrogen) atoms. The van der Waals surface area contributed by atoms with Gasteiger partial charge in [0.15, 0.2) is 0 Å². The Morgan fingerprint density at radius 1 is 1.04 bits per heavy atom. The first-order chi connectivity index (χ1) is 12.1. The van der Waals surface area contributed by atoms with Crippen molar-refractivity contribution >= 4 is 17.0 Å². The summed E-state index contributed by atoms with van der Waals surface area (Å²) in [5, 5.41) is 4.35. The molecule has 4 heteroatoms. The Morgan fingerprint density at radius 2 is 1.84 bits per heavy atom. The first-order valence-electron chi connectivity index (χ1n) is 8.39. The van der Waals surface area contributed by atoms with E-state index in [4.69, 9.17) is 4.74 Å². The lowest BCUT2D eigenvalue weighted by atomic mass is 10.1. The third kappa shape index (κ3) is 3.05. The van der Waals surface area contributed by atoms with E-state index in [1.807, 2.05) is 32.2 Å². The van der Waals surface area contributed by atoms with Crippen LogP contribution in [0.25, 0.3) is 28.0 Å². The van der Waals surface area contributed by atoms with E-state index in [0.29, 0.717) is 0 Å². The van der Waals surface area contributed by atoms with Crippen LogP contribution in [0.5, 0.6) is 5.75 Å². The highest BCUT2D eigenvalue weighted by Gasteiger charge is 2.10. The smallest absolute Gasteiger partial charge is 0.137 e. The summed E-state index contributed by atoms with van der Waals surface area (Å²) in [5.74, 6) is 0.899. The van der Waals surface area contributed by atoms with Gasteiger partial charge in [0.2, 0.25) is 0 Å². The molecular weight excluding hydrogens is 328 g/mol. The van der Waals surface area contributed by atoms with E-state index in [-0.39, 0.29) is 6.10 Å². The van der Waals surface area contributed by atoms with Crippen LogP contribution in [0.1, 0.15) is 19.4 Å². The molecule has 0 amide bonds. The van der Waals surface area contributed by atoms with E-state index < -0.39 is 0 Å². The molecular formula is C21H20N2OS. The Balaban J connectivity index is 1.69. The molecule has 0 radical (unpaired) electrons. The van der Waals surface area contributed by atoms with Gasteiger partial charge in [0.25, 0.3) is 0 Å². The van der Waals surface area contributed by atoms with Crippen LogP contribution in [0.2, 0.25) is 0 Å². The standard InChI is InChI=1S/C21H20N2OS/c1-14(2)24-18-6-4-16(5-7-18)17-8-9-23-20(11-22-21(23)10-17)19-13-25-12-15(19)3/h4-14H,1-3H3. The van der Waals surface area contributed by atoms with Crippen LogP contribution >= 0.6 is 11.3 Å². The monoisotopic (exact) mass is 348 g/mol. The van der Waals surface area contributed by atoms with Gasteiger partial charge in [-0.15, -0.1) is 0 Å². The van der Waals surface area contributed by atoms with Gasteiger partial charge in [0.05, 0.1) is 18.0 Å². The van der Waals surface area contributed by atoms with Crippen molar-refractivity contribution in [2.45, 2.75) is 26.9 Å². The molecule has 4 rings (SSSR count). The molecule has 0 fully saturated rings. The molecule has 0 aliphatic heterocycles. The van der Waals surface area contributed by atoms with Crippen LogP contribution in [-0.2, 0) is 0 Å². The fourth-order valence-corrected chi connectivity index (χ4v) is 3.82. The topological polar surface area (TPSA) is 26.5 Å². The molecule has 0 aliphatic carbocycles. The zero-order valence-electron chi connectivity index (χ0n) is 14.6. The van der Waals surface area contributed by atoms with Crippen molar-refractivity contribution in [3.8, 4) is 28.1 Å². The van der Waals surface area contributed by atoms with Crippen LogP contribution in [0.15, 0.2) is 59.6 Å². The summed E-state index contributed by atoms with van der Waals surface area (Å²) >= 11 is 1.73. The number of benzene rings is 1. The number of aromatic nitrogens is 2. The van der Waals surface area contributed by atoms with Gasteiger partial charge >= 0.3 is 0 Å². The Morgan fingerprint density at radius 3 is 2.52 bits per heavy atom. The molecule has 3 aromatic heterocycles. The molecule has 126 valence electrons. The molecule has 0 aliphatic rings. The average Bonchev–Trinajstić information content (AvgIpc) is 3.20. The number of imidazole rings is 1. The summed E-state index contributed by atoms with van der Waals surface area (Å²) in [6.45, 7) is 6.21. The van der Waals surface area contributed by atoms with E-state index in [1.54, 1.807) is 11.3 Å². The summed E-state index contributed by atoms with van der Waals surface area (Å²) in [6, 6.07) is 12.5. The van der Waals surface area contributed by atoms with Crippen LogP contribution in [0.4, 0.5) is 0 Å². The number of nitrogens with zero attached hydrogens (tertiary/aromatic N) is 2. The number of rotatable bonds is 4. The number of hydrogen-bond acceptors (Lipinski definition) is 3. The quantitative estimate of drug-likeness (QED) is 0.464. The second kappa shape index (κ2) is 6.37. The van der Waals surface area contributed by atoms with Crippen molar-refractivity contribution in [2.24, 2.45) is 0 Å². The number of ether oxygens (including phenoxy) is 1. The van der Waals surface area contributed by atoms with Crippen molar-refractivity contribution in [3.63, 3.8) is 0 Å². The van der Waals surface area contributed by atoms with Gasteiger partial charge in [-0.25, -0.2) is 4.98 Å². The first kappa shape index (κ1) is 15.9. The van der Waals surface area contributed by atoms with Crippen molar-refractivity contribution in [2.75, 3.05) is 0 Å². The lowest BCUT2D eigenvalue weighted by molar-refractivity contribution is 0.242. The second-order valence-electron chi connectivity index (χ2n) is 6.45. The van der Waals surface area contributed by atoms with Crippen LogP contribution in [0, 0.1) is 6.92 Å². The highest BCUT2D eigenvalue weighted by Crippen LogP contribution is 2.29. The van der Waals surface area contributed by atoms with Gasteiger partial charge in [-0.3, -0.25) is 4.40 Å². The maximum Gasteiger partial charge on any atom is 0.137 e. The third-order valence-electron chi connectivity index (χ3n) is 4.20. The Hall–Kier alpha value is -2.59. The summed E-state index contributed by atoms with van der Waals surface area (Å²) in [6.07, 6.45) is 4.24. The summed E-state index contributed by atoms with van der Waals surface area (Å²) in [7, 11) is 0. The Labute approximate surface area is 151 Å². The van der Waals surface area contributed by atoms with Crippen molar-refractivity contribution in [1.82, 2.24) is 9.38 Å². The zero-order valence-corrected chi connectivity index (χ0v) is 15.4. The number of fused-ring (bicyclic) bond motifs is 1. The normalized spacial score (nSPS) is 11.4. The summed E-state index contributed by atoms with van der Waals surface area (Å²) in [4.78, 5) is 4.60. The molecule has 3 heterocycles. The molecule has 1 aromatic carbocycles. The molecule has 0 unspecified atom stereocenters. The molecule has 0 saturated carbocycles. The average molecular weight is 348 g/mol. The maximum atomic E-state index is 5.72. The zero-order chi connectivity index (χ0) is 17.4. The molecule has 4 aromatic rings. The minimum Gasteiger partial charge on any atom is -0.491 e. The molecule has 0 N–H and O–H groups in total. The predicted molar refractivity (Wildman–Crippen MR) is 104 cm³/mol. The highest BCUT2D eigenvalue weighted by molar-refractivity contribution is 7.08. The van der Waals surface area contributed by atoms with Gasteiger partial charge in [-0.1, -0.05) is 12.1 Å². The fraction of sp³-hybridized carbons (Fsp3) is 0.190. The minimum absolute atomic E-state index is 0.186. The number of thiophene rings is 1. The van der Waals surface area contributed by atoms with E-state index in [9.17, 15) is 0 Å². The largest absolute Gasteiger partial charge is 0.491 e. The van der Waals surface area contributed by atoms with Gasteiger partial charge in [-0.05, 0) is 67.1 Å². The van der Waals surface area contributed by atoms with Gasteiger partial charge < -0.3 is 4.74 Å². The number of pyridine rings is 1. The molecule has 0 saturated heterocycles. The molecule has 0 atom stereocenters. The number of aryl methyl sites for hydroxylation is 1. The Kier molecular flexibility index (Phi) is 4.06. The van der Waals surface area contributed by atoms with Gasteiger partial charge in [-0.2, -0.15) is 11.3 Å².